The number of alkyl halides is 3. The standard InChI is InChI=1S/C25H20ClF3N4O3S/c1-14-23(35)33(17-7-9-18(10-8-17)37-25(27,28)29)24(36)32(14)21(22(34)30-2)19-11-12-31-13-20(19)15-3-5-16(26)6-4-15/h3-13,21,35H,1-2H3,(H,30,34). The van der Waals surface area contributed by atoms with Crippen LogP contribution in [0.4, 0.5) is 13.2 Å². The van der Waals surface area contributed by atoms with Crippen molar-refractivity contribution in [2.75, 3.05) is 7.05 Å². The van der Waals surface area contributed by atoms with Gasteiger partial charge in [-0.3, -0.25) is 14.3 Å². The average Bonchev–Trinajstić information content (AvgIpc) is 3.08. The van der Waals surface area contributed by atoms with Crippen LogP contribution in [0.3, 0.4) is 0 Å². The van der Waals surface area contributed by atoms with E-state index in [0.29, 0.717) is 21.7 Å². The van der Waals surface area contributed by atoms with Gasteiger partial charge >= 0.3 is 11.2 Å². The number of rotatable bonds is 6. The number of aromatic nitrogens is 3. The maximum absolute atomic E-state index is 13.6. The lowest BCUT2D eigenvalue weighted by Crippen LogP contribution is -2.37. The Hall–Kier alpha value is -3.70. The molecule has 0 aliphatic heterocycles. The van der Waals surface area contributed by atoms with Gasteiger partial charge in [0.05, 0.1) is 11.4 Å². The third-order valence-corrected chi connectivity index (χ3v) is 6.67. The van der Waals surface area contributed by atoms with Gasteiger partial charge in [0, 0.05) is 34.9 Å². The number of pyridine rings is 1. The van der Waals surface area contributed by atoms with Crippen molar-refractivity contribution in [3.8, 4) is 22.7 Å². The lowest BCUT2D eigenvalue weighted by Gasteiger charge is -2.21. The summed E-state index contributed by atoms with van der Waals surface area (Å²) >= 11 is 5.73. The lowest BCUT2D eigenvalue weighted by molar-refractivity contribution is -0.122. The molecule has 12 heteroatoms. The summed E-state index contributed by atoms with van der Waals surface area (Å²) in [6.07, 6.45) is 3.04. The number of carbonyl (C=O) groups excluding carboxylic acids is 1. The van der Waals surface area contributed by atoms with E-state index in [-0.39, 0.29) is 28.0 Å². The molecule has 2 aromatic heterocycles. The molecule has 37 heavy (non-hydrogen) atoms. The zero-order valence-electron chi connectivity index (χ0n) is 19.5. The summed E-state index contributed by atoms with van der Waals surface area (Å²) in [5, 5.41) is 14.0. The molecule has 1 unspecified atom stereocenters. The minimum atomic E-state index is -4.46. The molecule has 4 aromatic rings. The van der Waals surface area contributed by atoms with Crippen LogP contribution < -0.4 is 11.0 Å². The second-order valence-electron chi connectivity index (χ2n) is 7.93. The Balaban J connectivity index is 1.87. The molecule has 0 aliphatic carbocycles. The van der Waals surface area contributed by atoms with E-state index in [4.69, 9.17) is 11.6 Å². The van der Waals surface area contributed by atoms with Gasteiger partial charge in [0.1, 0.15) is 6.04 Å². The van der Waals surface area contributed by atoms with Gasteiger partial charge in [0.2, 0.25) is 11.8 Å². The lowest BCUT2D eigenvalue weighted by atomic mass is 9.96. The van der Waals surface area contributed by atoms with Gasteiger partial charge in [-0.2, -0.15) is 13.2 Å². The van der Waals surface area contributed by atoms with Crippen molar-refractivity contribution < 1.29 is 23.1 Å². The van der Waals surface area contributed by atoms with E-state index in [0.717, 1.165) is 9.13 Å². The van der Waals surface area contributed by atoms with Crippen LogP contribution in [-0.2, 0) is 4.79 Å². The van der Waals surface area contributed by atoms with Crippen LogP contribution in [-0.4, -0.2) is 37.7 Å². The number of halogens is 4. The Morgan fingerprint density at radius 2 is 1.76 bits per heavy atom. The fourth-order valence-corrected chi connectivity index (χ4v) is 4.66. The third-order valence-electron chi connectivity index (χ3n) is 5.68. The molecule has 1 atom stereocenters. The number of imidazole rings is 1. The number of amides is 1. The van der Waals surface area contributed by atoms with E-state index < -0.39 is 29.0 Å². The number of hydrogen-bond donors (Lipinski definition) is 2. The first-order valence-corrected chi connectivity index (χ1v) is 12.0. The maximum atomic E-state index is 13.6. The van der Waals surface area contributed by atoms with Crippen LogP contribution in [0.15, 0.2) is 76.7 Å². The Kier molecular flexibility index (Phi) is 7.37. The van der Waals surface area contributed by atoms with Gasteiger partial charge in [0.15, 0.2) is 0 Å². The summed E-state index contributed by atoms with van der Waals surface area (Å²) in [4.78, 5) is 30.9. The fourth-order valence-electron chi connectivity index (χ4n) is 3.99. The summed E-state index contributed by atoms with van der Waals surface area (Å²) in [6, 6.07) is 12.3. The van der Waals surface area contributed by atoms with Crippen LogP contribution in [0.1, 0.15) is 17.3 Å². The molecule has 1 amide bonds. The van der Waals surface area contributed by atoms with E-state index >= 15 is 0 Å². The van der Waals surface area contributed by atoms with Gasteiger partial charge < -0.3 is 10.4 Å². The minimum Gasteiger partial charge on any atom is -0.493 e. The molecule has 0 bridgehead atoms. The van der Waals surface area contributed by atoms with Crippen molar-refractivity contribution >= 4 is 29.3 Å². The predicted octanol–water partition coefficient (Wildman–Crippen LogP) is 5.32. The first-order chi connectivity index (χ1) is 17.5. The predicted molar refractivity (Wildman–Crippen MR) is 135 cm³/mol. The highest BCUT2D eigenvalue weighted by molar-refractivity contribution is 8.00. The van der Waals surface area contributed by atoms with Gasteiger partial charge in [-0.1, -0.05) is 23.7 Å². The van der Waals surface area contributed by atoms with Crippen molar-refractivity contribution in [3.63, 3.8) is 0 Å². The molecule has 0 saturated heterocycles. The molecule has 2 heterocycles. The largest absolute Gasteiger partial charge is 0.493 e. The molecule has 2 aromatic carbocycles. The van der Waals surface area contributed by atoms with Crippen LogP contribution in [0, 0.1) is 6.92 Å². The Labute approximate surface area is 218 Å². The second-order valence-corrected chi connectivity index (χ2v) is 9.50. The van der Waals surface area contributed by atoms with Crippen molar-refractivity contribution in [2.45, 2.75) is 23.4 Å². The van der Waals surface area contributed by atoms with E-state index in [1.54, 1.807) is 36.5 Å². The minimum absolute atomic E-state index is 0.0763. The molecular weight excluding hydrogens is 529 g/mol. The summed E-state index contributed by atoms with van der Waals surface area (Å²) in [7, 11) is 1.42. The topological polar surface area (TPSA) is 89.2 Å². The average molecular weight is 549 g/mol. The van der Waals surface area contributed by atoms with Gasteiger partial charge in [-0.15, -0.1) is 0 Å². The number of carbonyl (C=O) groups is 1. The zero-order valence-corrected chi connectivity index (χ0v) is 21.0. The molecule has 4 rings (SSSR count). The SMILES string of the molecule is CNC(=O)C(c1ccncc1-c1ccc(Cl)cc1)n1c(C)c(O)n(-c2ccc(SC(F)(F)F)cc2)c1=O. The second kappa shape index (κ2) is 10.3. The van der Waals surface area contributed by atoms with Crippen LogP contribution in [0.2, 0.25) is 5.02 Å². The van der Waals surface area contributed by atoms with E-state index in [1.807, 2.05) is 0 Å². The Bertz CT molecular complexity index is 1500. The van der Waals surface area contributed by atoms with E-state index in [1.165, 1.54) is 44.4 Å². The first-order valence-electron chi connectivity index (χ1n) is 10.8. The number of benzene rings is 2. The summed E-state index contributed by atoms with van der Waals surface area (Å²) in [5.41, 5.74) is -3.28. The Morgan fingerprint density at radius 3 is 2.35 bits per heavy atom. The molecule has 0 spiro atoms. The number of thioether (sulfide) groups is 1. The normalized spacial score (nSPS) is 12.4. The quantitative estimate of drug-likeness (QED) is 0.319. The van der Waals surface area contributed by atoms with Crippen molar-refractivity contribution in [3.05, 3.63) is 93.8 Å². The monoisotopic (exact) mass is 548 g/mol. The number of hydrogen-bond acceptors (Lipinski definition) is 5. The highest BCUT2D eigenvalue weighted by atomic mass is 35.5. The summed E-state index contributed by atoms with van der Waals surface area (Å²) in [5.74, 6) is -0.974. The van der Waals surface area contributed by atoms with Crippen LogP contribution >= 0.6 is 23.4 Å². The number of nitrogens with zero attached hydrogens (tertiary/aromatic N) is 3. The molecule has 0 fully saturated rings. The van der Waals surface area contributed by atoms with Crippen molar-refractivity contribution in [1.29, 1.82) is 0 Å². The summed E-state index contributed by atoms with van der Waals surface area (Å²) in [6.45, 7) is 1.47. The van der Waals surface area contributed by atoms with Gasteiger partial charge in [0.25, 0.3) is 0 Å². The number of nitrogens with one attached hydrogen (secondary N) is 1. The molecule has 0 saturated carbocycles. The third kappa shape index (κ3) is 5.37. The molecule has 192 valence electrons. The van der Waals surface area contributed by atoms with Gasteiger partial charge in [-0.05, 0) is 72.3 Å². The molecule has 7 nitrogen and oxygen atoms in total. The summed E-state index contributed by atoms with van der Waals surface area (Å²) < 4.78 is 40.2. The van der Waals surface area contributed by atoms with E-state index in [9.17, 15) is 27.9 Å². The Morgan fingerprint density at radius 1 is 1.11 bits per heavy atom. The van der Waals surface area contributed by atoms with E-state index in [2.05, 4.69) is 10.3 Å². The van der Waals surface area contributed by atoms with Crippen LogP contribution in [0.5, 0.6) is 5.88 Å². The fraction of sp³-hybridized carbons (Fsp3) is 0.160. The number of likely N-dealkylation sites (N-methyl/N-ethyl adjacent to an activating group) is 1. The smallest absolute Gasteiger partial charge is 0.446 e. The van der Waals surface area contributed by atoms with Crippen molar-refractivity contribution in [2.24, 2.45) is 0 Å². The van der Waals surface area contributed by atoms with Crippen LogP contribution in [0.25, 0.3) is 16.8 Å². The molecular formula is C25H20ClF3N4O3S. The highest BCUT2D eigenvalue weighted by Gasteiger charge is 2.32. The number of aromatic hydroxyl groups is 1. The van der Waals surface area contributed by atoms with Crippen molar-refractivity contribution in [1.82, 2.24) is 19.4 Å². The first kappa shape index (κ1) is 26.4. The zero-order chi connectivity index (χ0) is 26.9. The maximum Gasteiger partial charge on any atom is 0.446 e. The molecule has 2 N–H and O–H groups in total. The van der Waals surface area contributed by atoms with Gasteiger partial charge in [-0.25, -0.2) is 9.36 Å². The molecule has 0 radical (unpaired) electrons. The molecule has 0 aliphatic rings. The highest BCUT2D eigenvalue weighted by Crippen LogP contribution is 2.37.